The Morgan fingerprint density at radius 1 is 1.04 bits per heavy atom. The fourth-order valence-electron chi connectivity index (χ4n) is 5.43. The molecule has 2 aromatic rings. The van der Waals surface area contributed by atoms with Crippen molar-refractivity contribution in [2.75, 3.05) is 13.4 Å². The molecule has 244 valence electrons. The molecule has 6 N–H and O–H groups in total. The van der Waals surface area contributed by atoms with Gasteiger partial charge in [0.2, 0.25) is 12.2 Å². The molecule has 0 aromatic heterocycles. The highest BCUT2D eigenvalue weighted by atomic mass is 35.5. The molecular formula is C31H35ClFNO11. The highest BCUT2D eigenvalue weighted by Gasteiger charge is 2.53. The quantitative estimate of drug-likeness (QED) is 0.172. The van der Waals surface area contributed by atoms with Crippen LogP contribution in [0.4, 0.5) is 4.39 Å². The molecule has 3 aliphatic rings. The van der Waals surface area contributed by atoms with Crippen LogP contribution in [0.3, 0.4) is 0 Å². The normalized spacial score (nSPS) is 33.5. The van der Waals surface area contributed by atoms with Crippen molar-refractivity contribution in [1.29, 1.82) is 0 Å². The van der Waals surface area contributed by atoms with E-state index in [1.807, 2.05) is 0 Å². The van der Waals surface area contributed by atoms with Crippen molar-refractivity contribution < 1.29 is 58.4 Å². The Morgan fingerprint density at radius 3 is 2.49 bits per heavy atom. The Morgan fingerprint density at radius 2 is 1.78 bits per heavy atom. The number of phenols is 1. The second-order valence-electron chi connectivity index (χ2n) is 11.1. The fraction of sp³-hybridized carbons (Fsp3) is 0.452. The summed E-state index contributed by atoms with van der Waals surface area (Å²) in [5, 5.41) is 55.4. The molecule has 12 nitrogen and oxygen atoms in total. The first-order valence-corrected chi connectivity index (χ1v) is 14.6. The summed E-state index contributed by atoms with van der Waals surface area (Å²) in [6, 6.07) is 9.74. The van der Waals surface area contributed by atoms with E-state index in [2.05, 4.69) is 5.32 Å². The topological polar surface area (TPSA) is 176 Å². The lowest BCUT2D eigenvalue weighted by molar-refractivity contribution is -0.155. The van der Waals surface area contributed by atoms with Crippen molar-refractivity contribution in [2.24, 2.45) is 0 Å². The van der Waals surface area contributed by atoms with Gasteiger partial charge in [0.05, 0.1) is 6.04 Å². The van der Waals surface area contributed by atoms with Crippen molar-refractivity contribution in [3.8, 4) is 17.2 Å². The number of hydrogen-bond donors (Lipinski definition) is 6. The molecule has 45 heavy (non-hydrogen) atoms. The molecule has 2 saturated heterocycles. The number of fused-ring (bicyclic) bond motifs is 1. The Kier molecular flexibility index (Phi) is 10.3. The highest BCUT2D eigenvalue weighted by Crippen LogP contribution is 2.35. The number of hydrogen-bond acceptors (Lipinski definition) is 11. The van der Waals surface area contributed by atoms with Gasteiger partial charge in [-0.25, -0.2) is 4.39 Å². The van der Waals surface area contributed by atoms with Gasteiger partial charge in [0.25, 0.3) is 0 Å². The minimum absolute atomic E-state index is 0.114. The molecular weight excluding hydrogens is 617 g/mol. The molecule has 5 rings (SSSR count). The number of aliphatic hydroxyl groups excluding tert-OH is 4. The monoisotopic (exact) mass is 651 g/mol. The van der Waals surface area contributed by atoms with E-state index in [-0.39, 0.29) is 30.5 Å². The van der Waals surface area contributed by atoms with Crippen LogP contribution in [-0.4, -0.2) is 106 Å². The first-order chi connectivity index (χ1) is 21.4. The van der Waals surface area contributed by atoms with Crippen molar-refractivity contribution in [2.45, 2.75) is 75.1 Å². The van der Waals surface area contributed by atoms with Gasteiger partial charge in [-0.3, -0.25) is 4.79 Å². The summed E-state index contributed by atoms with van der Waals surface area (Å²) in [5.41, 5.74) is 1.05. The van der Waals surface area contributed by atoms with Gasteiger partial charge in [0.15, 0.2) is 17.7 Å². The molecule has 14 heteroatoms. The van der Waals surface area contributed by atoms with E-state index < -0.39 is 67.1 Å². The standard InChI is InChI=1S/C31H35ClFNO11/c1-14(8-9-41-18-5-3-4-17(32)12-18)27-23(36)21(33)31(45-27)44-20-7-6-16(11-19(20)35)10-15(2)30(40)34-22-24(37)26(39)29-28(25(22)38)42-13-43-29/h3-8,10-12,21-29,31,35-39H,9,13H2,1-2H3,(H,34,40)/b14-8-,15-10+/t21-,22-,23+,24+,25-,26-,27-,28+,29-,31-/m1/s1. The van der Waals surface area contributed by atoms with Gasteiger partial charge < -0.3 is 54.5 Å². The average molecular weight is 652 g/mol. The number of aromatic hydroxyl groups is 1. The number of alkyl halides is 1. The third-order valence-electron chi connectivity index (χ3n) is 7.95. The minimum Gasteiger partial charge on any atom is -0.504 e. The van der Waals surface area contributed by atoms with E-state index >= 15 is 0 Å². The largest absolute Gasteiger partial charge is 0.504 e. The van der Waals surface area contributed by atoms with E-state index in [1.165, 1.54) is 31.2 Å². The number of aliphatic hydroxyl groups is 4. The zero-order valence-electron chi connectivity index (χ0n) is 24.3. The van der Waals surface area contributed by atoms with Crippen molar-refractivity contribution >= 4 is 23.6 Å². The lowest BCUT2D eigenvalue weighted by Gasteiger charge is -2.41. The fourth-order valence-corrected chi connectivity index (χ4v) is 5.61. The predicted molar refractivity (Wildman–Crippen MR) is 157 cm³/mol. The van der Waals surface area contributed by atoms with Gasteiger partial charge in [-0.05, 0) is 67.5 Å². The lowest BCUT2D eigenvalue weighted by atomic mass is 9.83. The van der Waals surface area contributed by atoms with E-state index in [9.17, 15) is 34.7 Å². The second kappa shape index (κ2) is 14.0. The predicted octanol–water partition coefficient (Wildman–Crippen LogP) is 1.60. The van der Waals surface area contributed by atoms with Crippen LogP contribution >= 0.6 is 11.6 Å². The molecule has 0 bridgehead atoms. The summed E-state index contributed by atoms with van der Waals surface area (Å²) < 4.78 is 42.2. The Bertz CT molecular complexity index is 1440. The summed E-state index contributed by atoms with van der Waals surface area (Å²) in [4.78, 5) is 12.8. The number of halogens is 2. The summed E-state index contributed by atoms with van der Waals surface area (Å²) in [7, 11) is 0. The SMILES string of the molecule is C/C(=C/COc1cccc(Cl)c1)[C@H]1O[C@@H](Oc2ccc(/C=C(\C)C(=O)N[C@@H]3[C@H](O)[C@@H](O)[C@H]4OCO[C@H]4[C@@H]3O)cc2O)[C@H](F)[C@@H]1O. The number of ether oxygens (including phenoxy) is 5. The van der Waals surface area contributed by atoms with Crippen LogP contribution in [0.25, 0.3) is 6.08 Å². The first-order valence-electron chi connectivity index (χ1n) is 14.2. The van der Waals surface area contributed by atoms with Crippen LogP contribution in [0.5, 0.6) is 17.2 Å². The summed E-state index contributed by atoms with van der Waals surface area (Å²) in [6.07, 6.45) is -8.94. The maximum Gasteiger partial charge on any atom is 0.247 e. The van der Waals surface area contributed by atoms with Crippen LogP contribution < -0.4 is 14.8 Å². The lowest BCUT2D eigenvalue weighted by Crippen LogP contribution is -2.67. The molecule has 0 spiro atoms. The summed E-state index contributed by atoms with van der Waals surface area (Å²) in [6.45, 7) is 3.11. The molecule has 1 saturated carbocycles. The van der Waals surface area contributed by atoms with Gasteiger partial charge in [-0.15, -0.1) is 0 Å². The van der Waals surface area contributed by atoms with Gasteiger partial charge >= 0.3 is 0 Å². The number of rotatable bonds is 9. The maximum absolute atomic E-state index is 14.9. The molecule has 1 aliphatic carbocycles. The van der Waals surface area contributed by atoms with Gasteiger partial charge in [-0.2, -0.15) is 0 Å². The Balaban J connectivity index is 1.18. The van der Waals surface area contributed by atoms with Crippen molar-refractivity contribution in [1.82, 2.24) is 5.32 Å². The average Bonchev–Trinajstić information content (AvgIpc) is 3.61. The molecule has 3 fully saturated rings. The zero-order chi connectivity index (χ0) is 32.4. The molecule has 2 heterocycles. The summed E-state index contributed by atoms with van der Waals surface area (Å²) >= 11 is 5.95. The highest BCUT2D eigenvalue weighted by molar-refractivity contribution is 6.30. The van der Waals surface area contributed by atoms with Crippen molar-refractivity contribution in [3.63, 3.8) is 0 Å². The molecule has 0 unspecified atom stereocenters. The van der Waals surface area contributed by atoms with Crippen LogP contribution in [0, 0.1) is 0 Å². The van der Waals surface area contributed by atoms with Crippen LogP contribution in [-0.2, 0) is 19.0 Å². The maximum atomic E-state index is 14.9. The molecule has 10 atom stereocenters. The van der Waals surface area contributed by atoms with E-state index in [0.29, 0.717) is 21.9 Å². The molecule has 0 radical (unpaired) electrons. The Hall–Kier alpha value is -3.27. The van der Waals surface area contributed by atoms with E-state index in [4.69, 9.17) is 35.3 Å². The van der Waals surface area contributed by atoms with Crippen LogP contribution in [0.15, 0.2) is 59.7 Å². The number of benzene rings is 2. The number of carbonyl (C=O) groups is 1. The first kappa shape index (κ1) is 33.1. The number of phenolic OH excluding ortho intramolecular Hbond substituents is 1. The number of amides is 1. The Labute approximate surface area is 263 Å². The minimum atomic E-state index is -1.92. The molecule has 2 aromatic carbocycles. The van der Waals surface area contributed by atoms with E-state index in [0.717, 1.165) is 0 Å². The molecule has 1 amide bonds. The van der Waals surface area contributed by atoms with Crippen molar-refractivity contribution in [3.05, 3.63) is 70.3 Å². The van der Waals surface area contributed by atoms with Gasteiger partial charge in [0.1, 0.15) is 61.9 Å². The van der Waals surface area contributed by atoms with Crippen LogP contribution in [0.1, 0.15) is 19.4 Å². The smallest absolute Gasteiger partial charge is 0.247 e. The van der Waals surface area contributed by atoms with Gasteiger partial charge in [-0.1, -0.05) is 23.7 Å². The zero-order valence-corrected chi connectivity index (χ0v) is 25.1. The van der Waals surface area contributed by atoms with E-state index in [1.54, 1.807) is 37.3 Å². The van der Waals surface area contributed by atoms with Gasteiger partial charge in [0, 0.05) is 10.6 Å². The molecule has 2 aliphatic heterocycles. The summed E-state index contributed by atoms with van der Waals surface area (Å²) in [5.74, 6) is -0.596. The number of carbonyl (C=O) groups excluding carboxylic acids is 1. The number of nitrogens with one attached hydrogen (secondary N) is 1. The third-order valence-corrected chi connectivity index (χ3v) is 8.18. The second-order valence-corrected chi connectivity index (χ2v) is 11.5. The van der Waals surface area contributed by atoms with Crippen LogP contribution in [0.2, 0.25) is 5.02 Å². The third kappa shape index (κ3) is 7.26.